The highest BCUT2D eigenvalue weighted by molar-refractivity contribution is 5.95. The van der Waals surface area contributed by atoms with E-state index in [1.807, 2.05) is 0 Å². The lowest BCUT2D eigenvalue weighted by Crippen LogP contribution is -2.13. The lowest BCUT2D eigenvalue weighted by atomic mass is 9.97. The van der Waals surface area contributed by atoms with Crippen molar-refractivity contribution in [2.45, 2.75) is 26.3 Å². The minimum absolute atomic E-state index is 0.0108. The molecule has 1 aromatic carbocycles. The molecule has 3 aromatic rings. The monoisotopic (exact) mass is 429 g/mol. The van der Waals surface area contributed by atoms with Gasteiger partial charge in [0, 0.05) is 29.0 Å². The van der Waals surface area contributed by atoms with E-state index in [0.717, 1.165) is 18.3 Å². The van der Waals surface area contributed by atoms with E-state index in [2.05, 4.69) is 10.1 Å². The van der Waals surface area contributed by atoms with Gasteiger partial charge in [0.1, 0.15) is 17.2 Å². The second-order valence-corrected chi connectivity index (χ2v) is 7.45. The summed E-state index contributed by atoms with van der Waals surface area (Å²) >= 11 is 0. The molecule has 1 aliphatic heterocycles. The summed E-state index contributed by atoms with van der Waals surface area (Å²) in [5.74, 6) is -2.59. The highest BCUT2D eigenvalue weighted by atomic mass is 19.1. The molecule has 0 bridgehead atoms. The molecule has 1 atom stereocenters. The van der Waals surface area contributed by atoms with Crippen LogP contribution in [0.3, 0.4) is 0 Å². The SMILES string of the molecule is COc1nc(C)cc(C)c1-c1cc(F)c(-c2c(C(=O)O)cnn2C2CCOC2)cc1F. The number of rotatable bonds is 5. The molecule has 1 saturated heterocycles. The van der Waals surface area contributed by atoms with Gasteiger partial charge in [-0.25, -0.2) is 18.6 Å². The number of pyridine rings is 1. The minimum Gasteiger partial charge on any atom is -0.481 e. The van der Waals surface area contributed by atoms with Gasteiger partial charge in [0.2, 0.25) is 5.88 Å². The van der Waals surface area contributed by atoms with Gasteiger partial charge >= 0.3 is 5.97 Å². The molecule has 1 unspecified atom stereocenters. The third-order valence-electron chi connectivity index (χ3n) is 5.36. The average molecular weight is 429 g/mol. The van der Waals surface area contributed by atoms with Crippen LogP contribution in [0.15, 0.2) is 24.4 Å². The van der Waals surface area contributed by atoms with E-state index in [-0.39, 0.29) is 34.3 Å². The maximum Gasteiger partial charge on any atom is 0.339 e. The Hall–Kier alpha value is -3.33. The summed E-state index contributed by atoms with van der Waals surface area (Å²) in [5, 5.41) is 13.7. The Morgan fingerprint density at radius 3 is 2.58 bits per heavy atom. The maximum atomic E-state index is 15.3. The molecule has 0 aliphatic carbocycles. The van der Waals surface area contributed by atoms with Gasteiger partial charge in [-0.1, -0.05) is 0 Å². The van der Waals surface area contributed by atoms with Crippen LogP contribution >= 0.6 is 0 Å². The number of hydrogen-bond acceptors (Lipinski definition) is 5. The first kappa shape index (κ1) is 20.9. The van der Waals surface area contributed by atoms with Crippen LogP contribution in [0.1, 0.15) is 34.1 Å². The Bertz CT molecular complexity index is 1170. The molecule has 4 rings (SSSR count). The Morgan fingerprint density at radius 1 is 1.23 bits per heavy atom. The van der Waals surface area contributed by atoms with Crippen LogP contribution in [0.25, 0.3) is 22.4 Å². The number of aryl methyl sites for hydroxylation is 2. The molecule has 1 N–H and O–H groups in total. The third kappa shape index (κ3) is 3.65. The van der Waals surface area contributed by atoms with Gasteiger partial charge in [-0.15, -0.1) is 0 Å². The van der Waals surface area contributed by atoms with Gasteiger partial charge in [-0.3, -0.25) is 4.68 Å². The Morgan fingerprint density at radius 2 is 1.94 bits per heavy atom. The summed E-state index contributed by atoms with van der Waals surface area (Å²) in [7, 11) is 1.41. The number of nitrogens with zero attached hydrogens (tertiary/aromatic N) is 3. The van der Waals surface area contributed by atoms with E-state index in [0.29, 0.717) is 36.5 Å². The van der Waals surface area contributed by atoms with Crippen LogP contribution in [0.5, 0.6) is 5.88 Å². The van der Waals surface area contributed by atoms with Crippen molar-refractivity contribution >= 4 is 5.97 Å². The van der Waals surface area contributed by atoms with Crippen LogP contribution in [-0.4, -0.2) is 46.2 Å². The fraction of sp³-hybridized carbons (Fsp3) is 0.318. The van der Waals surface area contributed by atoms with E-state index in [1.165, 1.54) is 11.8 Å². The Balaban J connectivity index is 1.91. The molecular weight excluding hydrogens is 408 g/mol. The molecule has 9 heteroatoms. The largest absolute Gasteiger partial charge is 0.481 e. The first-order valence-electron chi connectivity index (χ1n) is 9.72. The van der Waals surface area contributed by atoms with Crippen LogP contribution in [0.4, 0.5) is 8.78 Å². The Labute approximate surface area is 177 Å². The average Bonchev–Trinajstić information content (AvgIpc) is 3.38. The second kappa shape index (κ2) is 8.07. The molecule has 0 spiro atoms. The molecule has 162 valence electrons. The smallest absolute Gasteiger partial charge is 0.339 e. The summed E-state index contributed by atoms with van der Waals surface area (Å²) in [5.41, 5.74) is 1.31. The fourth-order valence-electron chi connectivity index (χ4n) is 3.98. The topological polar surface area (TPSA) is 86.5 Å². The number of aromatic carboxylic acids is 1. The molecular formula is C22H21F2N3O4. The van der Waals surface area contributed by atoms with Crippen molar-refractivity contribution in [3.8, 4) is 28.3 Å². The predicted molar refractivity (Wildman–Crippen MR) is 108 cm³/mol. The number of aromatic nitrogens is 3. The van der Waals surface area contributed by atoms with E-state index in [4.69, 9.17) is 9.47 Å². The van der Waals surface area contributed by atoms with E-state index < -0.39 is 17.6 Å². The van der Waals surface area contributed by atoms with Crippen molar-refractivity contribution in [1.29, 1.82) is 0 Å². The number of carboxylic acid groups (broad SMARTS) is 1. The normalized spacial score (nSPS) is 16.0. The summed E-state index contributed by atoms with van der Waals surface area (Å²) < 4.78 is 42.7. The number of carboxylic acids is 1. The lowest BCUT2D eigenvalue weighted by Gasteiger charge is -2.17. The number of hydrogen-bond donors (Lipinski definition) is 1. The van der Waals surface area contributed by atoms with E-state index in [1.54, 1.807) is 19.9 Å². The third-order valence-corrected chi connectivity index (χ3v) is 5.36. The number of carbonyl (C=O) groups is 1. The number of halogens is 2. The highest BCUT2D eigenvalue weighted by Crippen LogP contribution is 2.38. The zero-order valence-electron chi connectivity index (χ0n) is 17.3. The van der Waals surface area contributed by atoms with Gasteiger partial charge < -0.3 is 14.6 Å². The summed E-state index contributed by atoms with van der Waals surface area (Å²) in [4.78, 5) is 16.0. The highest BCUT2D eigenvalue weighted by Gasteiger charge is 2.29. The lowest BCUT2D eigenvalue weighted by molar-refractivity contribution is 0.0697. The first-order valence-corrected chi connectivity index (χ1v) is 9.72. The second-order valence-electron chi connectivity index (χ2n) is 7.45. The predicted octanol–water partition coefficient (Wildman–Crippen LogP) is 4.18. The van der Waals surface area contributed by atoms with Crippen molar-refractivity contribution in [1.82, 2.24) is 14.8 Å². The molecule has 0 radical (unpaired) electrons. The van der Waals surface area contributed by atoms with E-state index in [9.17, 15) is 9.90 Å². The number of ether oxygens (including phenoxy) is 2. The summed E-state index contributed by atoms with van der Waals surface area (Å²) in [6, 6.07) is 3.54. The first-order chi connectivity index (χ1) is 14.8. The van der Waals surface area contributed by atoms with Crippen LogP contribution in [0, 0.1) is 25.5 Å². The molecule has 3 heterocycles. The molecule has 0 saturated carbocycles. The Kier molecular flexibility index (Phi) is 5.45. The van der Waals surface area contributed by atoms with Crippen LogP contribution in [-0.2, 0) is 4.74 Å². The van der Waals surface area contributed by atoms with Gasteiger partial charge in [0.25, 0.3) is 0 Å². The van der Waals surface area contributed by atoms with Crippen molar-refractivity contribution in [3.05, 3.63) is 52.9 Å². The number of methoxy groups -OCH3 is 1. The van der Waals surface area contributed by atoms with Crippen molar-refractivity contribution in [2.24, 2.45) is 0 Å². The number of benzene rings is 1. The minimum atomic E-state index is -1.27. The zero-order valence-corrected chi connectivity index (χ0v) is 17.3. The van der Waals surface area contributed by atoms with Crippen LogP contribution < -0.4 is 4.74 Å². The van der Waals surface area contributed by atoms with Gasteiger partial charge in [-0.2, -0.15) is 5.10 Å². The summed E-state index contributed by atoms with van der Waals surface area (Å²) in [6.45, 7) is 4.35. The van der Waals surface area contributed by atoms with Gasteiger partial charge in [0.15, 0.2) is 0 Å². The van der Waals surface area contributed by atoms with Gasteiger partial charge in [-0.05, 0) is 44.0 Å². The van der Waals surface area contributed by atoms with Crippen molar-refractivity contribution in [2.75, 3.05) is 20.3 Å². The molecule has 31 heavy (non-hydrogen) atoms. The van der Waals surface area contributed by atoms with Crippen LogP contribution in [0.2, 0.25) is 0 Å². The van der Waals surface area contributed by atoms with Gasteiger partial charge in [0.05, 0.1) is 31.6 Å². The molecule has 2 aromatic heterocycles. The van der Waals surface area contributed by atoms with Crippen molar-refractivity contribution in [3.63, 3.8) is 0 Å². The van der Waals surface area contributed by atoms with E-state index >= 15 is 8.78 Å². The molecule has 1 aliphatic rings. The summed E-state index contributed by atoms with van der Waals surface area (Å²) in [6.07, 6.45) is 1.75. The molecule has 7 nitrogen and oxygen atoms in total. The fourth-order valence-corrected chi connectivity index (χ4v) is 3.98. The molecule has 1 fully saturated rings. The van der Waals surface area contributed by atoms with Crippen molar-refractivity contribution < 1.29 is 28.2 Å². The maximum absolute atomic E-state index is 15.3. The zero-order chi connectivity index (χ0) is 22.3. The standard InChI is InChI=1S/C22H21F2N3O4/c1-11-6-12(2)26-21(30-3)19(11)14-7-18(24)15(8-17(14)23)20-16(22(28)29)9-25-27(20)13-4-5-31-10-13/h6-9,13H,4-5,10H2,1-3H3,(H,28,29). The molecule has 0 amide bonds. The quantitative estimate of drug-likeness (QED) is 0.655.